The molecule has 0 aromatic heterocycles. The van der Waals surface area contributed by atoms with Crippen LogP contribution in [0.25, 0.3) is 0 Å². The number of anilines is 1. The molecule has 0 heterocycles. The van der Waals surface area contributed by atoms with Crippen LogP contribution in [0.15, 0.2) is 18.2 Å². The Balaban J connectivity index is 2.69. The van der Waals surface area contributed by atoms with Crippen LogP contribution in [0.2, 0.25) is 0 Å². The monoisotopic (exact) mass is 262 g/mol. The van der Waals surface area contributed by atoms with E-state index in [0.717, 1.165) is 30.2 Å². The standard InChI is InChI=1S/C15H22N2O2/c1-15(2,8-5-9-16)11-17-13-7-6-12(18-3)10-14(13)19-4/h6-7,10,17H,5,8,11H2,1-4H3. The lowest BCUT2D eigenvalue weighted by molar-refractivity contribution is 0.361. The number of ether oxygens (including phenoxy) is 2. The molecule has 104 valence electrons. The molecule has 1 N–H and O–H groups in total. The molecule has 19 heavy (non-hydrogen) atoms. The number of nitrogens with one attached hydrogen (secondary N) is 1. The fourth-order valence-corrected chi connectivity index (χ4v) is 1.76. The molecule has 1 rings (SSSR count). The van der Waals surface area contributed by atoms with Gasteiger partial charge < -0.3 is 14.8 Å². The van der Waals surface area contributed by atoms with Gasteiger partial charge in [0.15, 0.2) is 0 Å². The van der Waals surface area contributed by atoms with E-state index < -0.39 is 0 Å². The summed E-state index contributed by atoms with van der Waals surface area (Å²) in [5, 5.41) is 12.0. The van der Waals surface area contributed by atoms with Crippen molar-refractivity contribution >= 4 is 5.69 Å². The minimum absolute atomic E-state index is 0.0701. The van der Waals surface area contributed by atoms with Gasteiger partial charge in [-0.2, -0.15) is 5.26 Å². The molecule has 0 amide bonds. The SMILES string of the molecule is COc1ccc(NCC(C)(C)CCC#N)c(OC)c1. The van der Waals surface area contributed by atoms with E-state index in [1.165, 1.54) is 0 Å². The predicted molar refractivity (Wildman–Crippen MR) is 76.7 cm³/mol. The third-order valence-corrected chi connectivity index (χ3v) is 3.08. The smallest absolute Gasteiger partial charge is 0.145 e. The molecule has 0 aliphatic rings. The zero-order chi connectivity index (χ0) is 14.3. The van der Waals surface area contributed by atoms with Gasteiger partial charge in [0.2, 0.25) is 0 Å². The molecule has 0 aliphatic carbocycles. The van der Waals surface area contributed by atoms with E-state index in [2.05, 4.69) is 25.2 Å². The van der Waals surface area contributed by atoms with E-state index in [4.69, 9.17) is 14.7 Å². The van der Waals surface area contributed by atoms with Crippen molar-refractivity contribution in [2.24, 2.45) is 5.41 Å². The topological polar surface area (TPSA) is 54.3 Å². The first-order chi connectivity index (χ1) is 9.02. The summed E-state index contributed by atoms with van der Waals surface area (Å²) in [5.41, 5.74) is 1.01. The fourth-order valence-electron chi connectivity index (χ4n) is 1.76. The van der Waals surface area contributed by atoms with Gasteiger partial charge in [0.1, 0.15) is 11.5 Å². The van der Waals surface area contributed by atoms with Gasteiger partial charge in [-0.3, -0.25) is 0 Å². The molecule has 0 unspecified atom stereocenters. The Kier molecular flexibility index (Phi) is 5.50. The van der Waals surface area contributed by atoms with Gasteiger partial charge in [0.25, 0.3) is 0 Å². The maximum Gasteiger partial charge on any atom is 0.145 e. The van der Waals surface area contributed by atoms with Crippen LogP contribution in [0.4, 0.5) is 5.69 Å². The van der Waals surface area contributed by atoms with Crippen LogP contribution in [0, 0.1) is 16.7 Å². The lowest BCUT2D eigenvalue weighted by Gasteiger charge is -2.25. The summed E-state index contributed by atoms with van der Waals surface area (Å²) >= 11 is 0. The lowest BCUT2D eigenvalue weighted by atomic mass is 9.88. The molecule has 1 aromatic carbocycles. The van der Waals surface area contributed by atoms with Gasteiger partial charge in [-0.15, -0.1) is 0 Å². The number of methoxy groups -OCH3 is 2. The highest BCUT2D eigenvalue weighted by atomic mass is 16.5. The summed E-state index contributed by atoms with van der Waals surface area (Å²) in [4.78, 5) is 0. The predicted octanol–water partition coefficient (Wildman–Crippen LogP) is 3.45. The van der Waals surface area contributed by atoms with Crippen molar-refractivity contribution in [3.63, 3.8) is 0 Å². The number of benzene rings is 1. The minimum Gasteiger partial charge on any atom is -0.497 e. The molecular formula is C15H22N2O2. The summed E-state index contributed by atoms with van der Waals surface area (Å²) in [5.74, 6) is 1.53. The Labute approximate surface area is 115 Å². The Bertz CT molecular complexity index is 450. The zero-order valence-electron chi connectivity index (χ0n) is 12.1. The number of nitrogens with zero attached hydrogens (tertiary/aromatic N) is 1. The normalized spacial score (nSPS) is 10.7. The van der Waals surface area contributed by atoms with Crippen LogP contribution in [-0.4, -0.2) is 20.8 Å². The third-order valence-electron chi connectivity index (χ3n) is 3.08. The van der Waals surface area contributed by atoms with Crippen LogP contribution in [0.3, 0.4) is 0 Å². The Morgan fingerprint density at radius 1 is 1.26 bits per heavy atom. The molecule has 0 radical (unpaired) electrons. The number of rotatable bonds is 7. The van der Waals surface area contributed by atoms with Crippen molar-refractivity contribution in [2.75, 3.05) is 26.1 Å². The van der Waals surface area contributed by atoms with Gasteiger partial charge >= 0.3 is 0 Å². The average molecular weight is 262 g/mol. The van der Waals surface area contributed by atoms with Gasteiger partial charge in [0, 0.05) is 19.0 Å². The Morgan fingerprint density at radius 2 is 2.00 bits per heavy atom. The quantitative estimate of drug-likeness (QED) is 0.817. The Morgan fingerprint density at radius 3 is 2.58 bits per heavy atom. The van der Waals surface area contributed by atoms with E-state index in [0.29, 0.717) is 6.42 Å². The maximum absolute atomic E-state index is 8.65. The number of hydrogen-bond donors (Lipinski definition) is 1. The molecule has 0 aliphatic heterocycles. The molecule has 4 heteroatoms. The van der Waals surface area contributed by atoms with Crippen LogP contribution in [-0.2, 0) is 0 Å². The molecule has 4 nitrogen and oxygen atoms in total. The van der Waals surface area contributed by atoms with Gasteiger partial charge in [-0.25, -0.2) is 0 Å². The molecule has 0 fully saturated rings. The van der Waals surface area contributed by atoms with E-state index in [1.807, 2.05) is 18.2 Å². The van der Waals surface area contributed by atoms with Crippen molar-refractivity contribution in [2.45, 2.75) is 26.7 Å². The van der Waals surface area contributed by atoms with E-state index in [-0.39, 0.29) is 5.41 Å². The van der Waals surface area contributed by atoms with Gasteiger partial charge in [-0.1, -0.05) is 13.8 Å². The van der Waals surface area contributed by atoms with E-state index in [1.54, 1.807) is 14.2 Å². The zero-order valence-corrected chi connectivity index (χ0v) is 12.1. The molecule has 0 bridgehead atoms. The summed E-state index contributed by atoms with van der Waals surface area (Å²) < 4.78 is 10.5. The van der Waals surface area contributed by atoms with Crippen LogP contribution in [0.5, 0.6) is 11.5 Å². The van der Waals surface area contributed by atoms with Gasteiger partial charge in [0.05, 0.1) is 26.0 Å². The highest BCUT2D eigenvalue weighted by Gasteiger charge is 2.18. The largest absolute Gasteiger partial charge is 0.497 e. The molecule has 0 atom stereocenters. The highest BCUT2D eigenvalue weighted by molar-refractivity contribution is 5.59. The second-order valence-corrected chi connectivity index (χ2v) is 5.24. The number of nitriles is 1. The lowest BCUT2D eigenvalue weighted by Crippen LogP contribution is -2.23. The first kappa shape index (κ1) is 15.2. The second-order valence-electron chi connectivity index (χ2n) is 5.24. The molecule has 0 saturated carbocycles. The van der Waals surface area contributed by atoms with Crippen molar-refractivity contribution in [1.29, 1.82) is 5.26 Å². The second kappa shape index (κ2) is 6.89. The Hall–Kier alpha value is -1.89. The van der Waals surface area contributed by atoms with Crippen LogP contribution >= 0.6 is 0 Å². The molecule has 0 saturated heterocycles. The van der Waals surface area contributed by atoms with Gasteiger partial charge in [-0.05, 0) is 24.0 Å². The maximum atomic E-state index is 8.65. The van der Waals surface area contributed by atoms with Crippen molar-refractivity contribution in [1.82, 2.24) is 0 Å². The van der Waals surface area contributed by atoms with Crippen LogP contribution < -0.4 is 14.8 Å². The number of hydrogen-bond acceptors (Lipinski definition) is 4. The molecule has 0 spiro atoms. The minimum atomic E-state index is 0.0701. The summed E-state index contributed by atoms with van der Waals surface area (Å²) in [6.45, 7) is 5.08. The summed E-state index contributed by atoms with van der Waals surface area (Å²) in [6, 6.07) is 7.88. The first-order valence-corrected chi connectivity index (χ1v) is 6.35. The average Bonchev–Trinajstić information content (AvgIpc) is 2.42. The van der Waals surface area contributed by atoms with Crippen molar-refractivity contribution in [3.05, 3.63) is 18.2 Å². The summed E-state index contributed by atoms with van der Waals surface area (Å²) in [7, 11) is 3.27. The highest BCUT2D eigenvalue weighted by Crippen LogP contribution is 2.31. The third kappa shape index (κ3) is 4.70. The molecule has 1 aromatic rings. The summed E-state index contributed by atoms with van der Waals surface area (Å²) in [6.07, 6.45) is 1.45. The van der Waals surface area contributed by atoms with E-state index in [9.17, 15) is 0 Å². The fraction of sp³-hybridized carbons (Fsp3) is 0.533. The first-order valence-electron chi connectivity index (χ1n) is 6.35. The van der Waals surface area contributed by atoms with E-state index >= 15 is 0 Å². The van der Waals surface area contributed by atoms with Crippen molar-refractivity contribution < 1.29 is 9.47 Å². The van der Waals surface area contributed by atoms with Crippen molar-refractivity contribution in [3.8, 4) is 17.6 Å². The molecular weight excluding hydrogens is 240 g/mol. The van der Waals surface area contributed by atoms with Crippen LogP contribution in [0.1, 0.15) is 26.7 Å².